The molecule has 26 nitrogen and oxygen atoms in total. The fraction of sp³-hybridized carbons (Fsp3) is 0.412. The quantitative estimate of drug-likeness (QED) is 0.0262. The first kappa shape index (κ1) is 94.7. The molecule has 5 unspecified atom stereocenters. The van der Waals surface area contributed by atoms with Gasteiger partial charge in [-0.15, -0.1) is 0 Å². The minimum Gasteiger partial charge on any atom is -0.480 e. The lowest BCUT2D eigenvalue weighted by Gasteiger charge is -2.30. The van der Waals surface area contributed by atoms with Crippen molar-refractivity contribution >= 4 is 88.5 Å². The second kappa shape index (κ2) is 40.3. The number of hydrogen-bond acceptors (Lipinski definition) is 17. The molecule has 6 aromatic carbocycles. The van der Waals surface area contributed by atoms with Gasteiger partial charge in [0.25, 0.3) is 0 Å². The summed E-state index contributed by atoms with van der Waals surface area (Å²) in [5.74, 6) is -1.52. The molecule has 123 heavy (non-hydrogen) atoms. The van der Waals surface area contributed by atoms with Crippen LogP contribution in [0, 0.1) is 21.7 Å². The van der Waals surface area contributed by atoms with E-state index < -0.39 is 44.4 Å². The average Bonchev–Trinajstić information content (AvgIpc) is 1.58. The van der Waals surface area contributed by atoms with Crippen LogP contribution >= 0.6 is 0 Å². The van der Waals surface area contributed by atoms with Gasteiger partial charge >= 0.3 is 11.9 Å². The maximum atomic E-state index is 13.4. The third-order valence-corrected chi connectivity index (χ3v) is 22.4. The van der Waals surface area contributed by atoms with Crippen LogP contribution in [0.2, 0.25) is 0 Å². The molecule has 652 valence electrons. The average molecular weight is 1680 g/mol. The number of ether oxygens (including phenoxy) is 4. The van der Waals surface area contributed by atoms with Crippen LogP contribution in [0.15, 0.2) is 170 Å². The number of aldehydes is 1. The summed E-state index contributed by atoms with van der Waals surface area (Å²) in [6.45, 7) is 28.1. The predicted octanol–water partition coefficient (Wildman–Crippen LogP) is 14.5. The number of fused-ring (bicyclic) bond motifs is 6. The summed E-state index contributed by atoms with van der Waals surface area (Å²) in [6, 6.07) is 49.3. The summed E-state index contributed by atoms with van der Waals surface area (Å²) >= 11 is 0. The molecule has 12 rings (SSSR count). The number of esters is 1. The highest BCUT2D eigenvalue weighted by atomic mass is 16.5. The number of carbonyl (C=O) groups excluding carboxylic acids is 10. The number of methoxy groups -OCH3 is 4. The summed E-state index contributed by atoms with van der Waals surface area (Å²) in [5.41, 5.74) is 10.2. The number of nitrogens with zero attached hydrogens (tertiary/aromatic N) is 6. The number of aliphatic carboxylic acids is 1. The van der Waals surface area contributed by atoms with Gasteiger partial charge in [-0.1, -0.05) is 204 Å². The summed E-state index contributed by atoms with van der Waals surface area (Å²) < 4.78 is 21.0. The van der Waals surface area contributed by atoms with Crippen LogP contribution in [0.25, 0.3) is 0 Å². The van der Waals surface area contributed by atoms with Gasteiger partial charge < -0.3 is 64.9 Å². The highest BCUT2D eigenvalue weighted by Gasteiger charge is 2.53. The molecule has 0 saturated carbocycles. The third-order valence-electron chi connectivity index (χ3n) is 22.4. The van der Waals surface area contributed by atoms with Crippen LogP contribution in [-0.4, -0.2) is 155 Å². The molecule has 0 fully saturated rings. The molecule has 2 spiro atoms. The van der Waals surface area contributed by atoms with E-state index in [1.165, 1.54) is 21.8 Å². The number of rotatable bonds is 25. The first-order valence-corrected chi connectivity index (χ1v) is 41.2. The first-order chi connectivity index (χ1) is 58.0. The molecule has 0 radical (unpaired) electrons. The Hall–Kier alpha value is -12.1. The second-order valence-electron chi connectivity index (χ2n) is 35.8. The van der Waals surface area contributed by atoms with Gasteiger partial charge in [0.15, 0.2) is 0 Å². The lowest BCUT2D eigenvalue weighted by Crippen LogP contribution is -2.43. The molecule has 26 heteroatoms. The van der Waals surface area contributed by atoms with Crippen LogP contribution in [-0.2, 0) is 130 Å². The summed E-state index contributed by atoms with van der Waals surface area (Å²) in [4.78, 5) is 153. The van der Waals surface area contributed by atoms with Crippen molar-refractivity contribution in [2.75, 3.05) is 75.9 Å². The first-order valence-electron chi connectivity index (χ1n) is 41.2. The molecule has 4 aliphatic rings. The van der Waals surface area contributed by atoms with E-state index in [1.807, 2.05) is 196 Å². The van der Waals surface area contributed by atoms with E-state index in [-0.39, 0.29) is 105 Å². The second-order valence-corrected chi connectivity index (χ2v) is 35.8. The Balaban J connectivity index is 0.000000193. The summed E-state index contributed by atoms with van der Waals surface area (Å²) in [5, 5.41) is 20.8. The number of hydrogen-bond donors (Lipinski definition) is 5. The van der Waals surface area contributed by atoms with Crippen molar-refractivity contribution in [2.24, 2.45) is 21.7 Å². The minimum atomic E-state index is -1.02. The van der Waals surface area contributed by atoms with E-state index in [2.05, 4.69) is 31.2 Å². The number of carboxylic acid groups (broad SMARTS) is 1. The van der Waals surface area contributed by atoms with Gasteiger partial charge in [-0.2, -0.15) is 0 Å². The molecule has 0 saturated heterocycles. The van der Waals surface area contributed by atoms with Crippen LogP contribution < -0.4 is 21.3 Å². The number of benzene rings is 6. The number of anilines is 4. The SMILES string of the molecule is CC(C)(C)C(=O)N(CC(=O)Nc1ccc2c(c1)CC1(C2)C(=O)Nc2ncccc21)Cc1ccccc1C=O.COC(=O)CN(Cc1ccccc1C(C)OC)C(=O)C(C)(C)C.COC(C)c1ccccc1CN(CC(=O)Nc1ccc2c(c1)CC1(C2)C(=O)Nc2ncccc21)C(=O)C(C)(C)C.COC(C)c1ccccc1CN(CC(=O)O)C(=O)C(C)(C)C. The molecule has 5 atom stereocenters. The molecular formula is C97H118N10O16. The Kier molecular flexibility index (Phi) is 31.0. The van der Waals surface area contributed by atoms with E-state index in [9.17, 15) is 52.7 Å². The molecule has 2 aliphatic carbocycles. The van der Waals surface area contributed by atoms with Gasteiger partial charge in [0.05, 0.1) is 36.3 Å². The highest BCUT2D eigenvalue weighted by Crippen LogP contribution is 2.49. The van der Waals surface area contributed by atoms with E-state index in [4.69, 9.17) is 24.1 Å². The van der Waals surface area contributed by atoms with Crippen LogP contribution in [0.3, 0.4) is 0 Å². The Morgan fingerprint density at radius 2 is 0.748 bits per heavy atom. The molecule has 5 N–H and O–H groups in total. The van der Waals surface area contributed by atoms with Crippen molar-refractivity contribution in [3.63, 3.8) is 0 Å². The smallest absolute Gasteiger partial charge is 0.325 e. The van der Waals surface area contributed by atoms with Crippen LogP contribution in [0.1, 0.15) is 205 Å². The number of nitrogens with one attached hydrogen (secondary N) is 4. The number of aromatic nitrogens is 2. The topological polar surface area (TPSA) is 332 Å². The van der Waals surface area contributed by atoms with Gasteiger partial charge in [-0.05, 0) is 144 Å². The maximum absolute atomic E-state index is 13.4. The predicted molar refractivity (Wildman–Crippen MR) is 471 cm³/mol. The monoisotopic (exact) mass is 1680 g/mol. The van der Waals surface area contributed by atoms with Crippen molar-refractivity contribution < 1.29 is 76.8 Å². The lowest BCUT2D eigenvalue weighted by molar-refractivity contribution is -0.150. The van der Waals surface area contributed by atoms with Gasteiger partial charge in [-0.3, -0.25) is 52.7 Å². The van der Waals surface area contributed by atoms with Gasteiger partial charge in [0.1, 0.15) is 44.1 Å². The molecular weight excluding hydrogens is 1560 g/mol. The van der Waals surface area contributed by atoms with Crippen molar-refractivity contribution in [1.29, 1.82) is 0 Å². The van der Waals surface area contributed by atoms with E-state index in [0.29, 0.717) is 72.9 Å². The van der Waals surface area contributed by atoms with E-state index in [0.717, 1.165) is 73.0 Å². The molecule has 4 heterocycles. The number of carboxylic acids is 1. The lowest BCUT2D eigenvalue weighted by atomic mass is 9.79. The molecule has 2 aromatic heterocycles. The van der Waals surface area contributed by atoms with Crippen LogP contribution in [0.4, 0.5) is 23.0 Å². The summed E-state index contributed by atoms with van der Waals surface area (Å²) in [6.07, 6.45) is 5.98. The van der Waals surface area contributed by atoms with Crippen molar-refractivity contribution in [3.05, 3.63) is 248 Å². The third kappa shape index (κ3) is 23.4. The number of carbonyl (C=O) groups is 11. The van der Waals surface area contributed by atoms with Crippen molar-refractivity contribution in [2.45, 2.75) is 185 Å². The summed E-state index contributed by atoms with van der Waals surface area (Å²) in [7, 11) is 6.24. The number of pyridine rings is 2. The highest BCUT2D eigenvalue weighted by molar-refractivity contribution is 6.07. The molecule has 8 amide bonds. The normalized spacial score (nSPS) is 16.0. The van der Waals surface area contributed by atoms with Gasteiger partial charge in [-0.25, -0.2) is 9.97 Å². The Bertz CT molecular complexity index is 5230. The standard InChI is InChI=1S/C32H36N4O4.C30H30N4O4.C18H27NO4.C17H25NO4/c1-20(40-5)25-10-7-6-9-22(25)18-36(30(39)31(2,3)4)19-27(37)34-24-13-12-21-16-32(17-23(21)15-24)26-11-8-14-33-28(26)35-29(32)38;1-29(2,3)28(38)34(16-20-7-4-5-8-21(20)18-35)17-25(36)32-23-11-10-19-14-30(15-22(19)13-23)24-9-6-12-31-26(24)33-27(30)37;1-13(22-5)15-10-8-7-9-14(15)11-19(12-16(20)23-6)17(21)18(2,3)4;1-12(22-5)14-9-7-6-8-13(14)10-18(11-15(19)20)16(21)17(2,3)4/h6-15,20H,16-19H2,1-5H3,(H,34,37)(H,33,35,38);4-13,18H,14-17H2,1-3H3,(H,32,36)(H,31,33,37);7-10,13H,11-12H2,1-6H3;6-9,12H,10-11H2,1-5H3,(H,19,20). The Morgan fingerprint density at radius 3 is 1.08 bits per heavy atom. The molecule has 8 aromatic rings. The maximum Gasteiger partial charge on any atom is 0.325 e. The molecule has 0 bridgehead atoms. The fourth-order valence-electron chi connectivity index (χ4n) is 15.7. The zero-order chi connectivity index (χ0) is 90.3. The Morgan fingerprint density at radius 1 is 0.431 bits per heavy atom. The van der Waals surface area contributed by atoms with E-state index in [1.54, 1.807) is 104 Å². The van der Waals surface area contributed by atoms with Crippen molar-refractivity contribution in [1.82, 2.24) is 29.6 Å². The molecule has 2 aliphatic heterocycles. The minimum absolute atomic E-state index is 0.0395. The fourth-order valence-corrected chi connectivity index (χ4v) is 15.7. The number of amides is 8. The zero-order valence-corrected chi connectivity index (χ0v) is 74.2. The largest absolute Gasteiger partial charge is 0.480 e. The van der Waals surface area contributed by atoms with Gasteiger partial charge in [0.2, 0.25) is 47.3 Å². The Labute approximate surface area is 721 Å². The zero-order valence-electron chi connectivity index (χ0n) is 74.2. The van der Waals surface area contributed by atoms with Crippen molar-refractivity contribution in [3.8, 4) is 0 Å². The van der Waals surface area contributed by atoms with Crippen LogP contribution in [0.5, 0.6) is 0 Å². The van der Waals surface area contributed by atoms with Gasteiger partial charge in [0, 0.05) is 110 Å². The van der Waals surface area contributed by atoms with E-state index >= 15 is 0 Å².